The van der Waals surface area contributed by atoms with E-state index in [4.69, 9.17) is 0 Å². The van der Waals surface area contributed by atoms with E-state index in [1.807, 2.05) is 18.0 Å². The van der Waals surface area contributed by atoms with Gasteiger partial charge in [0.2, 0.25) is 0 Å². The number of thioether (sulfide) groups is 1. The van der Waals surface area contributed by atoms with Gasteiger partial charge in [-0.15, -0.1) is 11.3 Å². The van der Waals surface area contributed by atoms with E-state index in [0.29, 0.717) is 6.04 Å². The van der Waals surface area contributed by atoms with Gasteiger partial charge in [-0.2, -0.15) is 11.8 Å². The second-order valence-electron chi connectivity index (χ2n) is 3.65. The molecule has 4 heteroatoms. The standard InChI is InChI=1S/C10H16N2S2/c1-13-6-4-9(12-8-2-3-8)10-11-5-7-14-10/h5,7-9,12H,2-4,6H2,1H3. The largest absolute Gasteiger partial charge is 0.305 e. The number of hydrogen-bond donors (Lipinski definition) is 1. The highest BCUT2D eigenvalue weighted by atomic mass is 32.2. The first-order valence-electron chi connectivity index (χ1n) is 5.04. The quantitative estimate of drug-likeness (QED) is 0.810. The zero-order chi connectivity index (χ0) is 9.80. The van der Waals surface area contributed by atoms with E-state index in [2.05, 4.69) is 21.9 Å². The Morgan fingerprint density at radius 2 is 2.57 bits per heavy atom. The van der Waals surface area contributed by atoms with Crippen LogP contribution in [0.2, 0.25) is 0 Å². The predicted octanol–water partition coefficient (Wildman–Crippen LogP) is 2.69. The van der Waals surface area contributed by atoms with E-state index >= 15 is 0 Å². The van der Waals surface area contributed by atoms with Gasteiger partial charge in [-0.05, 0) is 31.3 Å². The van der Waals surface area contributed by atoms with Crippen LogP contribution in [0.3, 0.4) is 0 Å². The summed E-state index contributed by atoms with van der Waals surface area (Å²) in [4.78, 5) is 4.40. The van der Waals surface area contributed by atoms with Crippen molar-refractivity contribution in [3.8, 4) is 0 Å². The van der Waals surface area contributed by atoms with Gasteiger partial charge in [-0.3, -0.25) is 0 Å². The second kappa shape index (κ2) is 5.14. The van der Waals surface area contributed by atoms with Crippen LogP contribution in [0.25, 0.3) is 0 Å². The first kappa shape index (κ1) is 10.5. The minimum absolute atomic E-state index is 0.495. The summed E-state index contributed by atoms with van der Waals surface area (Å²) in [5.74, 6) is 1.21. The number of nitrogens with zero attached hydrogens (tertiary/aromatic N) is 1. The minimum atomic E-state index is 0.495. The van der Waals surface area contributed by atoms with Gasteiger partial charge in [0.05, 0.1) is 6.04 Å². The molecule has 0 spiro atoms. The maximum atomic E-state index is 4.40. The fourth-order valence-electron chi connectivity index (χ4n) is 1.45. The maximum absolute atomic E-state index is 4.40. The smallest absolute Gasteiger partial charge is 0.110 e. The van der Waals surface area contributed by atoms with E-state index in [-0.39, 0.29) is 0 Å². The molecule has 0 aliphatic heterocycles. The molecular weight excluding hydrogens is 212 g/mol. The molecule has 1 aliphatic carbocycles. The molecule has 1 atom stereocenters. The monoisotopic (exact) mass is 228 g/mol. The summed E-state index contributed by atoms with van der Waals surface area (Å²) < 4.78 is 0. The molecule has 1 saturated carbocycles. The number of rotatable bonds is 6. The summed E-state index contributed by atoms with van der Waals surface area (Å²) in [7, 11) is 0. The third-order valence-electron chi connectivity index (χ3n) is 2.37. The molecule has 0 radical (unpaired) electrons. The van der Waals surface area contributed by atoms with E-state index in [0.717, 1.165) is 6.04 Å². The molecule has 1 aromatic heterocycles. The fraction of sp³-hybridized carbons (Fsp3) is 0.700. The highest BCUT2D eigenvalue weighted by molar-refractivity contribution is 7.98. The number of hydrogen-bond acceptors (Lipinski definition) is 4. The van der Waals surface area contributed by atoms with Crippen molar-refractivity contribution in [2.75, 3.05) is 12.0 Å². The molecule has 1 unspecified atom stereocenters. The molecule has 2 rings (SSSR count). The third kappa shape index (κ3) is 2.97. The Morgan fingerprint density at radius 1 is 1.71 bits per heavy atom. The van der Waals surface area contributed by atoms with Gasteiger partial charge >= 0.3 is 0 Å². The van der Waals surface area contributed by atoms with Crippen LogP contribution in [0.1, 0.15) is 30.3 Å². The van der Waals surface area contributed by atoms with E-state index < -0.39 is 0 Å². The lowest BCUT2D eigenvalue weighted by Gasteiger charge is -2.15. The number of aromatic nitrogens is 1. The molecule has 1 aliphatic rings. The summed E-state index contributed by atoms with van der Waals surface area (Å²) in [6.07, 6.45) is 7.96. The molecule has 0 amide bonds. The maximum Gasteiger partial charge on any atom is 0.110 e. The topological polar surface area (TPSA) is 24.9 Å². The summed E-state index contributed by atoms with van der Waals surface area (Å²) in [6, 6.07) is 1.26. The van der Waals surface area contributed by atoms with Crippen LogP contribution >= 0.6 is 23.1 Å². The van der Waals surface area contributed by atoms with Crippen LogP contribution in [0, 0.1) is 0 Å². The SMILES string of the molecule is CSCCC(NC1CC1)c1nccs1. The van der Waals surface area contributed by atoms with Crippen LogP contribution in [-0.2, 0) is 0 Å². The summed E-state index contributed by atoms with van der Waals surface area (Å²) in [5.41, 5.74) is 0. The molecule has 1 aromatic rings. The minimum Gasteiger partial charge on any atom is -0.305 e. The summed E-state index contributed by atoms with van der Waals surface area (Å²) in [5, 5.41) is 6.98. The van der Waals surface area contributed by atoms with Crippen molar-refractivity contribution >= 4 is 23.1 Å². The van der Waals surface area contributed by atoms with Gasteiger partial charge in [-0.1, -0.05) is 0 Å². The average Bonchev–Trinajstić information content (AvgIpc) is 2.84. The van der Waals surface area contributed by atoms with Crippen LogP contribution in [-0.4, -0.2) is 23.0 Å². The van der Waals surface area contributed by atoms with Gasteiger partial charge in [0.15, 0.2) is 0 Å². The highest BCUT2D eigenvalue weighted by Crippen LogP contribution is 2.27. The fourth-order valence-corrected chi connectivity index (χ4v) is 2.66. The van der Waals surface area contributed by atoms with Crippen molar-refractivity contribution in [1.82, 2.24) is 10.3 Å². The number of thiazole rings is 1. The van der Waals surface area contributed by atoms with Gasteiger partial charge in [0, 0.05) is 17.6 Å². The Bertz CT molecular complexity index is 257. The molecule has 0 saturated heterocycles. The Labute approximate surface area is 93.5 Å². The first-order valence-corrected chi connectivity index (χ1v) is 7.32. The Hall–Kier alpha value is -0.0600. The normalized spacial score (nSPS) is 18.4. The Kier molecular flexibility index (Phi) is 3.84. The van der Waals surface area contributed by atoms with Gasteiger partial charge in [0.1, 0.15) is 5.01 Å². The number of nitrogens with one attached hydrogen (secondary N) is 1. The van der Waals surface area contributed by atoms with Crippen molar-refractivity contribution in [1.29, 1.82) is 0 Å². The Balaban J connectivity index is 1.90. The van der Waals surface area contributed by atoms with Crippen molar-refractivity contribution in [3.63, 3.8) is 0 Å². The molecule has 0 aromatic carbocycles. The molecule has 14 heavy (non-hydrogen) atoms. The van der Waals surface area contributed by atoms with Gasteiger partial charge in [0.25, 0.3) is 0 Å². The van der Waals surface area contributed by atoms with E-state index in [1.165, 1.54) is 30.0 Å². The van der Waals surface area contributed by atoms with Crippen molar-refractivity contribution in [3.05, 3.63) is 16.6 Å². The van der Waals surface area contributed by atoms with Crippen molar-refractivity contribution in [2.24, 2.45) is 0 Å². The molecule has 1 N–H and O–H groups in total. The van der Waals surface area contributed by atoms with Gasteiger partial charge in [-0.25, -0.2) is 4.98 Å². The summed E-state index contributed by atoms with van der Waals surface area (Å²) in [6.45, 7) is 0. The third-order valence-corrected chi connectivity index (χ3v) is 3.91. The Morgan fingerprint density at radius 3 is 3.14 bits per heavy atom. The van der Waals surface area contributed by atoms with Gasteiger partial charge < -0.3 is 5.32 Å². The van der Waals surface area contributed by atoms with Crippen molar-refractivity contribution in [2.45, 2.75) is 31.3 Å². The zero-order valence-electron chi connectivity index (χ0n) is 8.40. The first-order chi connectivity index (χ1) is 6.90. The van der Waals surface area contributed by atoms with Crippen molar-refractivity contribution < 1.29 is 0 Å². The predicted molar refractivity (Wildman–Crippen MR) is 64.0 cm³/mol. The lowest BCUT2D eigenvalue weighted by molar-refractivity contribution is 0.517. The van der Waals surface area contributed by atoms with Crippen LogP contribution in [0.15, 0.2) is 11.6 Å². The molecular formula is C10H16N2S2. The average molecular weight is 228 g/mol. The molecule has 1 fully saturated rings. The lowest BCUT2D eigenvalue weighted by Crippen LogP contribution is -2.23. The van der Waals surface area contributed by atoms with E-state index in [9.17, 15) is 0 Å². The molecule has 0 bridgehead atoms. The zero-order valence-corrected chi connectivity index (χ0v) is 10.0. The lowest BCUT2D eigenvalue weighted by atomic mass is 10.2. The van der Waals surface area contributed by atoms with Crippen LogP contribution < -0.4 is 5.32 Å². The van der Waals surface area contributed by atoms with Crippen LogP contribution in [0.4, 0.5) is 0 Å². The van der Waals surface area contributed by atoms with Crippen LogP contribution in [0.5, 0.6) is 0 Å². The van der Waals surface area contributed by atoms with E-state index in [1.54, 1.807) is 11.3 Å². The molecule has 2 nitrogen and oxygen atoms in total. The molecule has 1 heterocycles. The summed E-state index contributed by atoms with van der Waals surface area (Å²) >= 11 is 3.68. The highest BCUT2D eigenvalue weighted by Gasteiger charge is 2.25. The molecule has 78 valence electrons. The second-order valence-corrected chi connectivity index (χ2v) is 5.56.